The second-order valence-corrected chi connectivity index (χ2v) is 9.27. The quantitative estimate of drug-likeness (QED) is 0.332. The maximum atomic E-state index is 12.3. The number of amides is 1. The number of hydrogen-bond donors (Lipinski definition) is 1. The number of anilines is 1. The number of nitrogens with one attached hydrogen (secondary N) is 1. The van der Waals surface area contributed by atoms with Crippen molar-refractivity contribution in [3.05, 3.63) is 70.4 Å². The number of aromatic nitrogens is 2. The third kappa shape index (κ3) is 5.43. The Hall–Kier alpha value is -3.58. The molecule has 4 aromatic rings. The van der Waals surface area contributed by atoms with E-state index in [-0.39, 0.29) is 43.2 Å². The van der Waals surface area contributed by atoms with Crippen LogP contribution in [0.1, 0.15) is 40.2 Å². The molecule has 0 fully saturated rings. The third-order valence-electron chi connectivity index (χ3n) is 5.49. The summed E-state index contributed by atoms with van der Waals surface area (Å²) in [6.07, 6.45) is 0.567. The zero-order chi connectivity index (χ0) is 23.4. The number of thiophene rings is 1. The number of para-hydroxylation sites is 2. The van der Waals surface area contributed by atoms with E-state index >= 15 is 0 Å². The molecule has 0 aliphatic heterocycles. The highest BCUT2D eigenvalue weighted by molar-refractivity contribution is 7.14. The summed E-state index contributed by atoms with van der Waals surface area (Å²) >= 11 is 1.44. The van der Waals surface area contributed by atoms with Crippen LogP contribution in [0, 0.1) is 6.92 Å². The van der Waals surface area contributed by atoms with Crippen LogP contribution in [-0.4, -0.2) is 27.0 Å². The van der Waals surface area contributed by atoms with E-state index in [1.54, 1.807) is 6.07 Å². The van der Waals surface area contributed by atoms with Gasteiger partial charge in [-0.2, -0.15) is 0 Å². The van der Waals surface area contributed by atoms with Gasteiger partial charge in [-0.05, 0) is 55.5 Å². The van der Waals surface area contributed by atoms with E-state index in [2.05, 4.69) is 10.3 Å². The van der Waals surface area contributed by atoms with Crippen LogP contribution in [0.15, 0.2) is 60.7 Å². The van der Waals surface area contributed by atoms with Crippen molar-refractivity contribution in [1.29, 1.82) is 0 Å². The van der Waals surface area contributed by atoms with Crippen molar-refractivity contribution in [3.63, 3.8) is 0 Å². The predicted octanol–water partition coefficient (Wildman–Crippen LogP) is 5.56. The van der Waals surface area contributed by atoms with Crippen LogP contribution >= 0.6 is 11.3 Å². The Labute approximate surface area is 196 Å². The van der Waals surface area contributed by atoms with Crippen molar-refractivity contribution in [3.8, 4) is 11.4 Å². The van der Waals surface area contributed by atoms with Gasteiger partial charge in [-0.15, -0.1) is 11.3 Å². The zero-order valence-corrected chi connectivity index (χ0v) is 19.4. The van der Waals surface area contributed by atoms with E-state index in [0.29, 0.717) is 10.6 Å². The molecule has 168 valence electrons. The number of ketones is 2. The molecule has 0 spiro atoms. The first-order valence-corrected chi connectivity index (χ1v) is 11.7. The number of nitrogens with zero attached hydrogens (tertiary/aromatic N) is 2. The maximum absolute atomic E-state index is 12.3. The van der Waals surface area contributed by atoms with Gasteiger partial charge in [0.2, 0.25) is 5.91 Å². The molecule has 0 unspecified atom stereocenters. The Morgan fingerprint density at radius 2 is 1.64 bits per heavy atom. The number of rotatable bonds is 9. The largest absolute Gasteiger partial charge is 0.327 e. The molecular weight excluding hydrogens is 434 g/mol. The monoisotopic (exact) mass is 459 g/mol. The van der Waals surface area contributed by atoms with E-state index in [1.807, 2.05) is 73.1 Å². The first kappa shape index (κ1) is 22.6. The lowest BCUT2D eigenvalue weighted by Crippen LogP contribution is -2.13. The van der Waals surface area contributed by atoms with E-state index in [4.69, 9.17) is 0 Å². The predicted molar refractivity (Wildman–Crippen MR) is 132 cm³/mol. The van der Waals surface area contributed by atoms with Gasteiger partial charge in [-0.1, -0.05) is 12.1 Å². The molecule has 2 aromatic carbocycles. The van der Waals surface area contributed by atoms with Crippen molar-refractivity contribution < 1.29 is 14.4 Å². The average molecular weight is 460 g/mol. The lowest BCUT2D eigenvalue weighted by molar-refractivity contribution is -0.122. The average Bonchev–Trinajstić information content (AvgIpc) is 3.40. The van der Waals surface area contributed by atoms with Crippen LogP contribution in [0.2, 0.25) is 0 Å². The number of benzene rings is 2. The van der Waals surface area contributed by atoms with Crippen molar-refractivity contribution in [2.75, 3.05) is 5.32 Å². The number of imidazole rings is 1. The lowest BCUT2D eigenvalue weighted by atomic mass is 10.1. The van der Waals surface area contributed by atoms with Crippen molar-refractivity contribution in [1.82, 2.24) is 9.55 Å². The molecule has 1 amide bonds. The van der Waals surface area contributed by atoms with E-state index in [1.165, 1.54) is 11.3 Å². The molecule has 0 bridgehead atoms. The number of aryl methyl sites for hydroxylation is 2. The summed E-state index contributed by atoms with van der Waals surface area (Å²) in [6, 6.07) is 19.1. The summed E-state index contributed by atoms with van der Waals surface area (Å²) < 4.78 is 2.04. The summed E-state index contributed by atoms with van der Waals surface area (Å²) in [5.41, 5.74) is 3.61. The van der Waals surface area contributed by atoms with Gasteiger partial charge in [0.25, 0.3) is 0 Å². The normalized spacial score (nSPS) is 11.0. The van der Waals surface area contributed by atoms with Gasteiger partial charge < -0.3 is 9.88 Å². The van der Waals surface area contributed by atoms with Gasteiger partial charge in [-0.25, -0.2) is 4.98 Å². The second-order valence-electron chi connectivity index (χ2n) is 7.98. The van der Waals surface area contributed by atoms with Gasteiger partial charge >= 0.3 is 0 Å². The van der Waals surface area contributed by atoms with Gasteiger partial charge in [-0.3, -0.25) is 14.4 Å². The zero-order valence-electron chi connectivity index (χ0n) is 18.6. The molecule has 0 saturated carbocycles. The van der Waals surface area contributed by atoms with Crippen LogP contribution in [0.4, 0.5) is 5.69 Å². The summed E-state index contributed by atoms with van der Waals surface area (Å²) in [7, 11) is 1.98. The van der Waals surface area contributed by atoms with E-state index in [0.717, 1.165) is 27.3 Å². The summed E-state index contributed by atoms with van der Waals surface area (Å²) in [6.45, 7) is 1.94. The number of hydrogen-bond acceptors (Lipinski definition) is 5. The summed E-state index contributed by atoms with van der Waals surface area (Å²) in [5.74, 6) is 0.529. The molecule has 0 atom stereocenters. The fourth-order valence-corrected chi connectivity index (χ4v) is 4.50. The highest BCUT2D eigenvalue weighted by Gasteiger charge is 2.13. The molecule has 2 heterocycles. The van der Waals surface area contributed by atoms with E-state index in [9.17, 15) is 14.4 Å². The number of Topliss-reactive ketones (excluding diaryl/α,β-unsaturated/α-hetero) is 2. The Morgan fingerprint density at radius 3 is 2.33 bits per heavy atom. The first-order chi connectivity index (χ1) is 15.9. The fourth-order valence-electron chi connectivity index (χ4n) is 3.67. The van der Waals surface area contributed by atoms with Crippen LogP contribution in [0.25, 0.3) is 22.4 Å². The minimum Gasteiger partial charge on any atom is -0.327 e. The topological polar surface area (TPSA) is 81.1 Å². The van der Waals surface area contributed by atoms with E-state index < -0.39 is 0 Å². The molecule has 6 nitrogen and oxygen atoms in total. The molecule has 0 radical (unpaired) electrons. The van der Waals surface area contributed by atoms with Gasteiger partial charge in [0.1, 0.15) is 11.6 Å². The molecular formula is C26H25N3O3S. The highest BCUT2D eigenvalue weighted by Crippen LogP contribution is 2.25. The number of carbonyl (C=O) groups excluding carboxylic acids is 3. The Kier molecular flexibility index (Phi) is 6.79. The molecule has 0 aliphatic rings. The summed E-state index contributed by atoms with van der Waals surface area (Å²) in [5, 5.41) is 2.83. The van der Waals surface area contributed by atoms with Gasteiger partial charge in [0.15, 0.2) is 5.78 Å². The van der Waals surface area contributed by atoms with Crippen molar-refractivity contribution in [2.45, 2.75) is 32.6 Å². The lowest BCUT2D eigenvalue weighted by Gasteiger charge is -2.07. The Balaban J connectivity index is 1.26. The minimum absolute atomic E-state index is 0.0217. The Morgan fingerprint density at radius 1 is 0.909 bits per heavy atom. The molecule has 4 rings (SSSR count). The SMILES string of the molecule is Cc1ccc(C(=O)CCC(=O)CCC(=O)Nc2ccc(-c3nc4ccccc4n3C)cc2)s1. The number of carbonyl (C=O) groups is 3. The standard InChI is InChI=1S/C26H25N3O3S/c1-17-7-15-24(33-17)23(31)14-12-20(30)13-16-25(32)27-19-10-8-18(9-11-19)26-28-21-5-3-4-6-22(21)29(26)2/h3-11,15H,12-14,16H2,1-2H3,(H,27,32). The summed E-state index contributed by atoms with van der Waals surface area (Å²) in [4.78, 5) is 42.9. The molecule has 1 N–H and O–H groups in total. The first-order valence-electron chi connectivity index (χ1n) is 10.8. The van der Waals surface area contributed by atoms with Crippen LogP contribution in [-0.2, 0) is 16.6 Å². The third-order valence-corrected chi connectivity index (χ3v) is 6.53. The Bertz CT molecular complexity index is 1320. The molecule has 7 heteroatoms. The van der Waals surface area contributed by atoms with Crippen LogP contribution in [0.5, 0.6) is 0 Å². The van der Waals surface area contributed by atoms with Crippen molar-refractivity contribution in [2.24, 2.45) is 7.05 Å². The van der Waals surface area contributed by atoms with Gasteiger partial charge in [0.05, 0.1) is 15.9 Å². The highest BCUT2D eigenvalue weighted by atomic mass is 32.1. The molecule has 0 aliphatic carbocycles. The molecule has 33 heavy (non-hydrogen) atoms. The van der Waals surface area contributed by atoms with Gasteiger partial charge in [0, 0.05) is 48.9 Å². The van der Waals surface area contributed by atoms with Crippen LogP contribution in [0.3, 0.4) is 0 Å². The minimum atomic E-state index is -0.223. The molecule has 2 aromatic heterocycles. The molecule has 0 saturated heterocycles. The smallest absolute Gasteiger partial charge is 0.224 e. The maximum Gasteiger partial charge on any atom is 0.224 e. The fraction of sp³-hybridized carbons (Fsp3) is 0.231. The number of fused-ring (bicyclic) bond motifs is 1. The van der Waals surface area contributed by atoms with Crippen LogP contribution < -0.4 is 5.32 Å². The second kappa shape index (κ2) is 9.92. The van der Waals surface area contributed by atoms with Crippen molar-refractivity contribution >= 4 is 45.5 Å².